The molecule has 0 saturated carbocycles. The Labute approximate surface area is 167 Å². The fraction of sp³-hybridized carbons (Fsp3) is 0.364. The summed E-state index contributed by atoms with van der Waals surface area (Å²) in [6.45, 7) is 7.43. The second-order valence-corrected chi connectivity index (χ2v) is 9.53. The Hall–Kier alpha value is -2.15. The van der Waals surface area contributed by atoms with Crippen molar-refractivity contribution in [3.05, 3.63) is 65.4 Å². The lowest BCUT2D eigenvalue weighted by Crippen LogP contribution is -2.49. The van der Waals surface area contributed by atoms with Crippen LogP contribution in [0.25, 0.3) is 10.9 Å². The molecule has 2 aromatic carbocycles. The van der Waals surface area contributed by atoms with Gasteiger partial charge in [-0.15, -0.1) is 0 Å². The molecule has 0 amide bonds. The molecular formula is C22H27N3O2S. The van der Waals surface area contributed by atoms with E-state index in [4.69, 9.17) is 0 Å². The summed E-state index contributed by atoms with van der Waals surface area (Å²) in [7, 11) is -3.42. The van der Waals surface area contributed by atoms with E-state index in [-0.39, 0.29) is 0 Å². The maximum atomic E-state index is 13.0. The summed E-state index contributed by atoms with van der Waals surface area (Å²) in [5.41, 5.74) is 4.39. The highest BCUT2D eigenvalue weighted by molar-refractivity contribution is 7.89. The van der Waals surface area contributed by atoms with E-state index in [2.05, 4.69) is 34.3 Å². The summed E-state index contributed by atoms with van der Waals surface area (Å²) in [4.78, 5) is 6.12. The van der Waals surface area contributed by atoms with Crippen molar-refractivity contribution in [2.75, 3.05) is 32.7 Å². The number of sulfonamides is 1. The number of piperazine rings is 1. The Morgan fingerprint density at radius 3 is 2.50 bits per heavy atom. The number of hydrogen-bond donors (Lipinski definition) is 1. The molecule has 6 heteroatoms. The van der Waals surface area contributed by atoms with Crippen LogP contribution in [-0.4, -0.2) is 55.3 Å². The number of aromatic amines is 1. The minimum atomic E-state index is -3.42. The van der Waals surface area contributed by atoms with Gasteiger partial charge in [-0.1, -0.05) is 35.9 Å². The lowest BCUT2D eigenvalue weighted by Gasteiger charge is -2.34. The van der Waals surface area contributed by atoms with E-state index in [0.29, 0.717) is 18.0 Å². The van der Waals surface area contributed by atoms with Crippen molar-refractivity contribution in [3.8, 4) is 0 Å². The van der Waals surface area contributed by atoms with Crippen molar-refractivity contribution < 1.29 is 8.42 Å². The van der Waals surface area contributed by atoms with Crippen LogP contribution < -0.4 is 0 Å². The van der Waals surface area contributed by atoms with E-state index in [1.807, 2.05) is 32.0 Å². The van der Waals surface area contributed by atoms with Crippen LogP contribution in [0.4, 0.5) is 0 Å². The second kappa shape index (κ2) is 7.70. The van der Waals surface area contributed by atoms with Crippen LogP contribution in [0, 0.1) is 13.8 Å². The molecule has 0 bridgehead atoms. The number of nitrogens with one attached hydrogen (secondary N) is 1. The number of nitrogens with zero attached hydrogens (tertiary/aromatic N) is 2. The van der Waals surface area contributed by atoms with Crippen LogP contribution >= 0.6 is 0 Å². The molecule has 1 N–H and O–H groups in total. The molecule has 5 nitrogen and oxygen atoms in total. The summed E-state index contributed by atoms with van der Waals surface area (Å²) >= 11 is 0. The molecule has 0 unspecified atom stereocenters. The van der Waals surface area contributed by atoms with Crippen LogP contribution in [0.5, 0.6) is 0 Å². The summed E-state index contributed by atoms with van der Waals surface area (Å²) in [5, 5.41) is 1.28. The topological polar surface area (TPSA) is 56.4 Å². The van der Waals surface area contributed by atoms with Crippen LogP contribution in [0.3, 0.4) is 0 Å². The van der Waals surface area contributed by atoms with Crippen molar-refractivity contribution in [2.24, 2.45) is 0 Å². The van der Waals surface area contributed by atoms with E-state index in [1.54, 1.807) is 10.4 Å². The number of H-pyrrole nitrogens is 1. The van der Waals surface area contributed by atoms with E-state index in [1.165, 1.54) is 16.5 Å². The highest BCUT2D eigenvalue weighted by Gasteiger charge is 2.29. The monoisotopic (exact) mass is 397 g/mol. The van der Waals surface area contributed by atoms with E-state index >= 15 is 0 Å². The number of benzene rings is 2. The molecule has 0 atom stereocenters. The molecule has 0 radical (unpaired) electrons. The Balaban J connectivity index is 1.38. The number of rotatable bonds is 5. The Kier molecular flexibility index (Phi) is 5.27. The first-order valence-corrected chi connectivity index (χ1v) is 11.2. The average Bonchev–Trinajstić information content (AvgIpc) is 3.09. The molecule has 1 aliphatic rings. The van der Waals surface area contributed by atoms with Crippen molar-refractivity contribution in [1.82, 2.24) is 14.2 Å². The van der Waals surface area contributed by atoms with Gasteiger partial charge in [-0.05, 0) is 43.5 Å². The van der Waals surface area contributed by atoms with Crippen LogP contribution in [0.1, 0.15) is 16.7 Å². The van der Waals surface area contributed by atoms with Gasteiger partial charge in [0.05, 0.1) is 4.90 Å². The first-order chi connectivity index (χ1) is 13.4. The van der Waals surface area contributed by atoms with Crippen LogP contribution in [-0.2, 0) is 16.4 Å². The normalized spacial score (nSPS) is 16.6. The van der Waals surface area contributed by atoms with Gasteiger partial charge in [-0.25, -0.2) is 8.42 Å². The molecule has 28 heavy (non-hydrogen) atoms. The van der Waals surface area contributed by atoms with Gasteiger partial charge in [0.25, 0.3) is 0 Å². The van der Waals surface area contributed by atoms with Gasteiger partial charge >= 0.3 is 0 Å². The van der Waals surface area contributed by atoms with Gasteiger partial charge in [-0.2, -0.15) is 4.31 Å². The van der Waals surface area contributed by atoms with Crippen molar-refractivity contribution in [1.29, 1.82) is 0 Å². The highest BCUT2D eigenvalue weighted by Crippen LogP contribution is 2.23. The van der Waals surface area contributed by atoms with Gasteiger partial charge < -0.3 is 9.88 Å². The third-order valence-electron chi connectivity index (χ3n) is 5.65. The van der Waals surface area contributed by atoms with Crippen molar-refractivity contribution >= 4 is 20.9 Å². The van der Waals surface area contributed by atoms with Crippen molar-refractivity contribution in [2.45, 2.75) is 25.2 Å². The van der Waals surface area contributed by atoms with E-state index in [9.17, 15) is 8.42 Å². The maximum absolute atomic E-state index is 13.0. The third-order valence-corrected chi connectivity index (χ3v) is 7.71. The second-order valence-electron chi connectivity index (χ2n) is 7.62. The average molecular weight is 398 g/mol. The Morgan fingerprint density at radius 1 is 1.00 bits per heavy atom. The van der Waals surface area contributed by atoms with Crippen LogP contribution in [0.15, 0.2) is 53.6 Å². The number of para-hydroxylation sites is 1. The molecule has 1 saturated heterocycles. The molecule has 0 aliphatic carbocycles. The smallest absolute Gasteiger partial charge is 0.243 e. The predicted octanol–water partition coefficient (Wildman–Crippen LogP) is 3.33. The molecule has 1 aliphatic heterocycles. The Bertz CT molecular complexity index is 1080. The fourth-order valence-corrected chi connectivity index (χ4v) is 5.67. The zero-order valence-electron chi connectivity index (χ0n) is 16.5. The lowest BCUT2D eigenvalue weighted by molar-refractivity contribution is 0.190. The molecule has 2 heterocycles. The predicted molar refractivity (Wildman–Crippen MR) is 113 cm³/mol. The number of hydrogen-bond acceptors (Lipinski definition) is 3. The molecule has 3 aromatic rings. The first kappa shape index (κ1) is 19.2. The Morgan fingerprint density at radius 2 is 1.75 bits per heavy atom. The third kappa shape index (κ3) is 3.72. The van der Waals surface area contributed by atoms with Gasteiger partial charge in [0.1, 0.15) is 0 Å². The molecule has 4 rings (SSSR count). The summed E-state index contributed by atoms with van der Waals surface area (Å²) in [5.74, 6) is 0. The number of aryl methyl sites for hydroxylation is 2. The number of fused-ring (bicyclic) bond motifs is 1. The van der Waals surface area contributed by atoms with Gasteiger partial charge in [0, 0.05) is 49.8 Å². The zero-order chi connectivity index (χ0) is 19.7. The summed E-state index contributed by atoms with van der Waals surface area (Å²) in [6.07, 6.45) is 3.05. The molecule has 0 spiro atoms. The first-order valence-electron chi connectivity index (χ1n) is 9.80. The maximum Gasteiger partial charge on any atom is 0.243 e. The lowest BCUT2D eigenvalue weighted by atomic mass is 10.1. The molecule has 1 aromatic heterocycles. The standard InChI is InChI=1S/C22H27N3O2S/c1-17-7-8-22(18(2)15-17)28(26,27)25-13-11-24(12-14-25)10-9-19-16-23-21-6-4-3-5-20(19)21/h3-8,15-16,23H,9-14H2,1-2H3. The molecule has 1 fully saturated rings. The zero-order valence-corrected chi connectivity index (χ0v) is 17.3. The van der Waals surface area contributed by atoms with Crippen LogP contribution in [0.2, 0.25) is 0 Å². The summed E-state index contributed by atoms with van der Waals surface area (Å²) < 4.78 is 27.7. The quantitative estimate of drug-likeness (QED) is 0.718. The SMILES string of the molecule is Cc1ccc(S(=O)(=O)N2CCN(CCc3c[nH]c4ccccc34)CC2)c(C)c1. The minimum absolute atomic E-state index is 0.436. The van der Waals surface area contributed by atoms with E-state index < -0.39 is 10.0 Å². The number of aromatic nitrogens is 1. The largest absolute Gasteiger partial charge is 0.361 e. The fourth-order valence-electron chi connectivity index (χ4n) is 4.04. The van der Waals surface area contributed by atoms with Gasteiger partial charge in [0.15, 0.2) is 0 Å². The van der Waals surface area contributed by atoms with E-state index in [0.717, 1.165) is 37.2 Å². The molecule has 148 valence electrons. The van der Waals surface area contributed by atoms with Crippen molar-refractivity contribution in [3.63, 3.8) is 0 Å². The minimum Gasteiger partial charge on any atom is -0.361 e. The summed E-state index contributed by atoms with van der Waals surface area (Å²) in [6, 6.07) is 13.9. The van der Waals surface area contributed by atoms with Gasteiger partial charge in [-0.3, -0.25) is 0 Å². The van der Waals surface area contributed by atoms with Gasteiger partial charge in [0.2, 0.25) is 10.0 Å². The highest BCUT2D eigenvalue weighted by atomic mass is 32.2. The molecular weight excluding hydrogens is 370 g/mol.